The molecule has 2 N–H and O–H groups in total. The van der Waals surface area contributed by atoms with Crippen LogP contribution in [0.1, 0.15) is 35.4 Å². The molecule has 1 heterocycles. The number of aliphatic carboxylic acids is 1. The molecule has 7 nitrogen and oxygen atoms in total. The van der Waals surface area contributed by atoms with Crippen molar-refractivity contribution in [2.24, 2.45) is 7.05 Å². The molecular formula is C18H23N3O4. The Morgan fingerprint density at radius 2 is 2.00 bits per heavy atom. The lowest BCUT2D eigenvalue weighted by molar-refractivity contribution is -0.139. The average Bonchev–Trinajstić information content (AvgIpc) is 2.79. The third kappa shape index (κ3) is 4.17. The number of carboxylic acid groups (broad SMARTS) is 1. The smallest absolute Gasteiger partial charge is 0.341 e. The van der Waals surface area contributed by atoms with Gasteiger partial charge in [0.15, 0.2) is 6.61 Å². The molecule has 0 radical (unpaired) electrons. The standard InChI is InChI=1S/C18H23N3O4/c1-10-8-14(25-9-16(22)23)6-7-15(10)19-18(24)11(2)17-12(3)20-21(5)13(17)4/h6-8,11H,9H2,1-5H3,(H,19,24)(H,22,23). The number of carbonyl (C=O) groups is 2. The van der Waals surface area contributed by atoms with Gasteiger partial charge >= 0.3 is 5.97 Å². The molecule has 0 spiro atoms. The maximum absolute atomic E-state index is 12.6. The van der Waals surface area contributed by atoms with Crippen LogP contribution in [-0.4, -0.2) is 33.4 Å². The van der Waals surface area contributed by atoms with Crippen molar-refractivity contribution in [2.45, 2.75) is 33.6 Å². The Bertz CT molecular complexity index is 811. The predicted octanol–water partition coefficient (Wildman–Crippen LogP) is 2.55. The number of carboxylic acids is 1. The number of aromatic nitrogens is 2. The second-order valence-electron chi connectivity index (χ2n) is 6.08. The van der Waals surface area contributed by atoms with E-state index in [2.05, 4.69) is 10.4 Å². The number of ether oxygens (including phenoxy) is 1. The fourth-order valence-electron chi connectivity index (χ4n) is 2.80. The lowest BCUT2D eigenvalue weighted by atomic mass is 9.98. The van der Waals surface area contributed by atoms with Gasteiger partial charge in [-0.05, 0) is 51.5 Å². The first-order valence-electron chi connectivity index (χ1n) is 7.97. The minimum atomic E-state index is -1.04. The Hall–Kier alpha value is -2.83. The van der Waals surface area contributed by atoms with E-state index in [9.17, 15) is 9.59 Å². The number of hydrogen-bond acceptors (Lipinski definition) is 4. The van der Waals surface area contributed by atoms with Crippen LogP contribution in [0.4, 0.5) is 5.69 Å². The van der Waals surface area contributed by atoms with Gasteiger partial charge in [0.25, 0.3) is 0 Å². The number of nitrogens with one attached hydrogen (secondary N) is 1. The topological polar surface area (TPSA) is 93.4 Å². The van der Waals surface area contributed by atoms with Crippen molar-refractivity contribution in [1.29, 1.82) is 0 Å². The molecule has 0 saturated heterocycles. The van der Waals surface area contributed by atoms with Crippen LogP contribution in [0.3, 0.4) is 0 Å². The zero-order valence-electron chi connectivity index (χ0n) is 15.1. The number of hydrogen-bond donors (Lipinski definition) is 2. The summed E-state index contributed by atoms with van der Waals surface area (Å²) in [5, 5.41) is 15.9. The maximum Gasteiger partial charge on any atom is 0.341 e. The highest BCUT2D eigenvalue weighted by Crippen LogP contribution is 2.26. The quantitative estimate of drug-likeness (QED) is 0.839. The SMILES string of the molecule is Cc1cc(OCC(=O)O)ccc1NC(=O)C(C)c1c(C)nn(C)c1C. The summed E-state index contributed by atoms with van der Waals surface area (Å²) in [6.45, 7) is 7.12. The highest BCUT2D eigenvalue weighted by Gasteiger charge is 2.23. The van der Waals surface area contributed by atoms with Gasteiger partial charge < -0.3 is 15.2 Å². The number of nitrogens with zero attached hydrogens (tertiary/aromatic N) is 2. The van der Waals surface area contributed by atoms with E-state index in [1.54, 1.807) is 22.9 Å². The number of benzene rings is 1. The van der Waals surface area contributed by atoms with Gasteiger partial charge in [-0.15, -0.1) is 0 Å². The molecule has 2 rings (SSSR count). The number of aryl methyl sites for hydroxylation is 3. The normalized spacial score (nSPS) is 11.9. The van der Waals surface area contributed by atoms with E-state index in [-0.39, 0.29) is 11.8 Å². The molecule has 134 valence electrons. The first-order valence-corrected chi connectivity index (χ1v) is 7.97. The summed E-state index contributed by atoms with van der Waals surface area (Å²) < 4.78 is 6.91. The summed E-state index contributed by atoms with van der Waals surface area (Å²) in [4.78, 5) is 23.2. The van der Waals surface area contributed by atoms with Gasteiger partial charge in [-0.1, -0.05) is 0 Å². The first-order chi connectivity index (χ1) is 11.7. The zero-order chi connectivity index (χ0) is 18.7. The highest BCUT2D eigenvalue weighted by atomic mass is 16.5. The molecule has 0 saturated carbocycles. The fraction of sp³-hybridized carbons (Fsp3) is 0.389. The van der Waals surface area contributed by atoms with Crippen LogP contribution in [0.25, 0.3) is 0 Å². The predicted molar refractivity (Wildman–Crippen MR) is 94.0 cm³/mol. The van der Waals surface area contributed by atoms with E-state index in [1.807, 2.05) is 34.7 Å². The Kier molecular flexibility index (Phi) is 5.46. The lowest BCUT2D eigenvalue weighted by Crippen LogP contribution is -2.20. The number of carbonyl (C=O) groups excluding carboxylic acids is 1. The van der Waals surface area contributed by atoms with E-state index >= 15 is 0 Å². The van der Waals surface area contributed by atoms with Gasteiger partial charge in [0, 0.05) is 24.0 Å². The van der Waals surface area contributed by atoms with Gasteiger partial charge in [0.1, 0.15) is 5.75 Å². The van der Waals surface area contributed by atoms with Gasteiger partial charge in [-0.3, -0.25) is 9.48 Å². The van der Waals surface area contributed by atoms with Crippen molar-refractivity contribution < 1.29 is 19.4 Å². The van der Waals surface area contributed by atoms with E-state index in [0.717, 1.165) is 22.5 Å². The van der Waals surface area contributed by atoms with E-state index in [4.69, 9.17) is 9.84 Å². The van der Waals surface area contributed by atoms with Crippen LogP contribution >= 0.6 is 0 Å². The van der Waals surface area contributed by atoms with Crippen molar-refractivity contribution in [3.05, 3.63) is 40.7 Å². The average molecular weight is 345 g/mol. The molecule has 2 aromatic rings. The summed E-state index contributed by atoms with van der Waals surface area (Å²) >= 11 is 0. The van der Waals surface area contributed by atoms with E-state index < -0.39 is 12.6 Å². The molecule has 1 amide bonds. The van der Waals surface area contributed by atoms with Crippen LogP contribution in [0.2, 0.25) is 0 Å². The molecule has 0 aliphatic rings. The molecule has 1 atom stereocenters. The third-order valence-electron chi connectivity index (χ3n) is 4.21. The fourth-order valence-corrected chi connectivity index (χ4v) is 2.80. The molecule has 7 heteroatoms. The molecule has 0 aliphatic heterocycles. The molecule has 0 bridgehead atoms. The minimum Gasteiger partial charge on any atom is -0.482 e. The Labute approximate surface area is 146 Å². The largest absolute Gasteiger partial charge is 0.482 e. The molecule has 1 aromatic heterocycles. The summed E-state index contributed by atoms with van der Waals surface area (Å²) in [6, 6.07) is 5.04. The molecule has 1 unspecified atom stereocenters. The molecule has 0 fully saturated rings. The minimum absolute atomic E-state index is 0.124. The molecular weight excluding hydrogens is 322 g/mol. The van der Waals surface area contributed by atoms with E-state index in [0.29, 0.717) is 11.4 Å². The van der Waals surface area contributed by atoms with Crippen molar-refractivity contribution >= 4 is 17.6 Å². The number of amides is 1. The van der Waals surface area contributed by atoms with Crippen molar-refractivity contribution in [3.63, 3.8) is 0 Å². The summed E-state index contributed by atoms with van der Waals surface area (Å²) in [6.07, 6.45) is 0. The van der Waals surface area contributed by atoms with Crippen LogP contribution in [0.15, 0.2) is 18.2 Å². The Morgan fingerprint density at radius 1 is 1.32 bits per heavy atom. The summed E-state index contributed by atoms with van der Waals surface area (Å²) in [5.41, 5.74) is 4.20. The maximum atomic E-state index is 12.6. The molecule has 25 heavy (non-hydrogen) atoms. The second-order valence-corrected chi connectivity index (χ2v) is 6.08. The number of anilines is 1. The lowest BCUT2D eigenvalue weighted by Gasteiger charge is -2.15. The van der Waals surface area contributed by atoms with Crippen LogP contribution in [-0.2, 0) is 16.6 Å². The summed E-state index contributed by atoms with van der Waals surface area (Å²) in [7, 11) is 1.86. The van der Waals surface area contributed by atoms with Crippen LogP contribution in [0.5, 0.6) is 5.75 Å². The van der Waals surface area contributed by atoms with Crippen molar-refractivity contribution in [1.82, 2.24) is 9.78 Å². The van der Waals surface area contributed by atoms with Crippen LogP contribution in [0, 0.1) is 20.8 Å². The zero-order valence-corrected chi connectivity index (χ0v) is 15.1. The van der Waals surface area contributed by atoms with Crippen molar-refractivity contribution in [2.75, 3.05) is 11.9 Å². The monoisotopic (exact) mass is 345 g/mol. The highest BCUT2D eigenvalue weighted by molar-refractivity contribution is 5.96. The molecule has 0 aliphatic carbocycles. The van der Waals surface area contributed by atoms with Gasteiger partial charge in [-0.25, -0.2) is 4.79 Å². The molecule has 1 aromatic carbocycles. The van der Waals surface area contributed by atoms with Crippen LogP contribution < -0.4 is 10.1 Å². The van der Waals surface area contributed by atoms with Gasteiger partial charge in [0.05, 0.1) is 11.6 Å². The van der Waals surface area contributed by atoms with Gasteiger partial charge in [0.2, 0.25) is 5.91 Å². The van der Waals surface area contributed by atoms with E-state index in [1.165, 1.54) is 0 Å². The Morgan fingerprint density at radius 3 is 2.52 bits per heavy atom. The Balaban J connectivity index is 2.13. The first kappa shape index (κ1) is 18.5. The van der Waals surface area contributed by atoms with Crippen molar-refractivity contribution in [3.8, 4) is 5.75 Å². The third-order valence-corrected chi connectivity index (χ3v) is 4.21. The number of rotatable bonds is 6. The van der Waals surface area contributed by atoms with Gasteiger partial charge in [-0.2, -0.15) is 5.10 Å². The summed E-state index contributed by atoms with van der Waals surface area (Å²) in [5.74, 6) is -1.05. The second kappa shape index (κ2) is 7.38.